The van der Waals surface area contributed by atoms with Crippen LogP contribution in [0.5, 0.6) is 0 Å². The van der Waals surface area contributed by atoms with Crippen LogP contribution >= 0.6 is 0 Å². The molecule has 1 aliphatic heterocycles. The highest BCUT2D eigenvalue weighted by atomic mass is 16.2. The first-order chi connectivity index (χ1) is 10.5. The summed E-state index contributed by atoms with van der Waals surface area (Å²) >= 11 is 0. The molecule has 2 rings (SSSR count). The van der Waals surface area contributed by atoms with Gasteiger partial charge in [0.1, 0.15) is 6.54 Å². The second-order valence-electron chi connectivity index (χ2n) is 6.26. The molecule has 7 heteroatoms. The fourth-order valence-electron chi connectivity index (χ4n) is 2.73. The van der Waals surface area contributed by atoms with Crippen LogP contribution < -0.4 is 16.0 Å². The summed E-state index contributed by atoms with van der Waals surface area (Å²) in [5.74, 6) is 0.760. The van der Waals surface area contributed by atoms with Crippen LogP contribution in [0, 0.1) is 0 Å². The first-order valence-electron chi connectivity index (χ1n) is 8.09. The van der Waals surface area contributed by atoms with E-state index >= 15 is 0 Å². The molecule has 2 amide bonds. The van der Waals surface area contributed by atoms with E-state index in [2.05, 4.69) is 20.9 Å². The van der Waals surface area contributed by atoms with Gasteiger partial charge in [-0.15, -0.1) is 0 Å². The van der Waals surface area contributed by atoms with Gasteiger partial charge in [-0.1, -0.05) is 12.8 Å². The van der Waals surface area contributed by atoms with Gasteiger partial charge in [0, 0.05) is 39.1 Å². The van der Waals surface area contributed by atoms with Gasteiger partial charge < -0.3 is 20.9 Å². The Morgan fingerprint density at radius 2 is 1.91 bits per heavy atom. The van der Waals surface area contributed by atoms with E-state index in [1.807, 2.05) is 0 Å². The van der Waals surface area contributed by atoms with E-state index in [4.69, 9.17) is 0 Å². The minimum atomic E-state index is -0.0236. The number of amides is 2. The number of piperidine rings is 1. The summed E-state index contributed by atoms with van der Waals surface area (Å²) in [5, 5.41) is 9.63. The summed E-state index contributed by atoms with van der Waals surface area (Å²) < 4.78 is 0. The minimum absolute atomic E-state index is 0.0236. The third-order valence-corrected chi connectivity index (χ3v) is 4.17. The molecule has 3 N–H and O–H groups in total. The molecular formula is C15H27N5O2. The van der Waals surface area contributed by atoms with Gasteiger partial charge in [0.25, 0.3) is 0 Å². The van der Waals surface area contributed by atoms with E-state index in [9.17, 15) is 9.59 Å². The summed E-state index contributed by atoms with van der Waals surface area (Å²) in [6.07, 6.45) is 6.08. The molecular weight excluding hydrogens is 282 g/mol. The van der Waals surface area contributed by atoms with Crippen LogP contribution in [0.15, 0.2) is 4.99 Å². The molecule has 124 valence electrons. The SMILES string of the molecule is CN(C)C(=O)CN=C(NC1CCCC1)NC1CCC(=O)NC1. The Kier molecular flexibility index (Phi) is 6.03. The summed E-state index contributed by atoms with van der Waals surface area (Å²) in [5.41, 5.74) is 0. The van der Waals surface area contributed by atoms with Crippen LogP contribution in [0.1, 0.15) is 38.5 Å². The van der Waals surface area contributed by atoms with Gasteiger partial charge in [0.15, 0.2) is 5.96 Å². The second-order valence-corrected chi connectivity index (χ2v) is 6.26. The van der Waals surface area contributed by atoms with Crippen molar-refractivity contribution < 1.29 is 9.59 Å². The van der Waals surface area contributed by atoms with Crippen LogP contribution in [0.2, 0.25) is 0 Å². The number of hydrogen-bond acceptors (Lipinski definition) is 3. The van der Waals surface area contributed by atoms with Crippen molar-refractivity contribution in [1.29, 1.82) is 0 Å². The van der Waals surface area contributed by atoms with Crippen LogP contribution in [-0.4, -0.2) is 61.9 Å². The number of nitrogens with one attached hydrogen (secondary N) is 3. The molecule has 22 heavy (non-hydrogen) atoms. The predicted molar refractivity (Wildman–Crippen MR) is 85.6 cm³/mol. The molecule has 7 nitrogen and oxygen atoms in total. The fraction of sp³-hybridized carbons (Fsp3) is 0.800. The monoisotopic (exact) mass is 309 g/mol. The Morgan fingerprint density at radius 1 is 1.23 bits per heavy atom. The highest BCUT2D eigenvalue weighted by molar-refractivity contribution is 5.85. The maximum absolute atomic E-state index is 11.7. The summed E-state index contributed by atoms with van der Waals surface area (Å²) in [7, 11) is 3.46. The van der Waals surface area contributed by atoms with Crippen molar-refractivity contribution >= 4 is 17.8 Å². The lowest BCUT2D eigenvalue weighted by molar-refractivity contribution is -0.127. The van der Waals surface area contributed by atoms with Crippen molar-refractivity contribution in [2.45, 2.75) is 50.6 Å². The Labute approximate surface area is 131 Å². The van der Waals surface area contributed by atoms with E-state index < -0.39 is 0 Å². The van der Waals surface area contributed by atoms with Gasteiger partial charge in [-0.25, -0.2) is 4.99 Å². The van der Waals surface area contributed by atoms with Gasteiger partial charge >= 0.3 is 0 Å². The second kappa shape index (κ2) is 8.00. The predicted octanol–water partition coefficient (Wildman–Crippen LogP) is -0.169. The molecule has 1 saturated carbocycles. The number of likely N-dealkylation sites (N-methyl/N-ethyl adjacent to an activating group) is 1. The number of nitrogens with zero attached hydrogens (tertiary/aromatic N) is 2. The lowest BCUT2D eigenvalue weighted by Crippen LogP contribution is -2.53. The van der Waals surface area contributed by atoms with Crippen molar-refractivity contribution in [3.05, 3.63) is 0 Å². The lowest BCUT2D eigenvalue weighted by atomic mass is 10.1. The first kappa shape index (κ1) is 16.6. The highest BCUT2D eigenvalue weighted by Gasteiger charge is 2.21. The van der Waals surface area contributed by atoms with Crippen molar-refractivity contribution in [3.63, 3.8) is 0 Å². The van der Waals surface area contributed by atoms with E-state index in [0.29, 0.717) is 25.0 Å². The topological polar surface area (TPSA) is 85.8 Å². The zero-order valence-electron chi connectivity index (χ0n) is 13.5. The number of aliphatic imine (C=N–C) groups is 1. The van der Waals surface area contributed by atoms with Gasteiger partial charge in [-0.2, -0.15) is 0 Å². The van der Waals surface area contributed by atoms with E-state index in [0.717, 1.165) is 19.3 Å². The number of carbonyl (C=O) groups is 2. The average Bonchev–Trinajstić information content (AvgIpc) is 2.99. The van der Waals surface area contributed by atoms with Crippen LogP contribution in [-0.2, 0) is 9.59 Å². The van der Waals surface area contributed by atoms with Crippen molar-refractivity contribution in [1.82, 2.24) is 20.9 Å². The fourth-order valence-corrected chi connectivity index (χ4v) is 2.73. The Balaban J connectivity index is 1.92. The zero-order chi connectivity index (χ0) is 15.9. The molecule has 1 aliphatic carbocycles. The molecule has 2 aliphatic rings. The largest absolute Gasteiger partial charge is 0.354 e. The maximum atomic E-state index is 11.7. The number of guanidine groups is 1. The molecule has 0 aromatic carbocycles. The van der Waals surface area contributed by atoms with Gasteiger partial charge in [-0.3, -0.25) is 9.59 Å². The summed E-state index contributed by atoms with van der Waals surface area (Å²) in [4.78, 5) is 28.9. The minimum Gasteiger partial charge on any atom is -0.354 e. The Morgan fingerprint density at radius 3 is 2.50 bits per heavy atom. The molecule has 0 aromatic heterocycles. The van der Waals surface area contributed by atoms with Gasteiger partial charge in [-0.05, 0) is 19.3 Å². The van der Waals surface area contributed by atoms with Crippen molar-refractivity contribution in [3.8, 4) is 0 Å². The molecule has 0 radical (unpaired) electrons. The third-order valence-electron chi connectivity index (χ3n) is 4.17. The number of hydrogen-bond donors (Lipinski definition) is 3. The van der Waals surface area contributed by atoms with Crippen molar-refractivity contribution in [2.75, 3.05) is 27.2 Å². The summed E-state index contributed by atoms with van der Waals surface area (Å²) in [6.45, 7) is 0.736. The molecule has 1 heterocycles. The zero-order valence-corrected chi connectivity index (χ0v) is 13.5. The molecule has 1 atom stereocenters. The molecule has 0 aromatic rings. The molecule has 0 spiro atoms. The van der Waals surface area contributed by atoms with Gasteiger partial charge in [0.05, 0.1) is 0 Å². The van der Waals surface area contributed by atoms with Gasteiger partial charge in [0.2, 0.25) is 11.8 Å². The maximum Gasteiger partial charge on any atom is 0.243 e. The molecule has 0 bridgehead atoms. The van der Waals surface area contributed by atoms with Crippen LogP contribution in [0.4, 0.5) is 0 Å². The Hall–Kier alpha value is -1.79. The summed E-state index contributed by atoms with van der Waals surface area (Å²) in [6, 6.07) is 0.596. The average molecular weight is 309 g/mol. The lowest BCUT2D eigenvalue weighted by Gasteiger charge is -2.27. The third kappa shape index (κ3) is 5.20. The van der Waals surface area contributed by atoms with E-state index in [1.165, 1.54) is 17.7 Å². The van der Waals surface area contributed by atoms with Crippen LogP contribution in [0.3, 0.4) is 0 Å². The van der Waals surface area contributed by atoms with E-state index in [-0.39, 0.29) is 24.4 Å². The first-order valence-corrected chi connectivity index (χ1v) is 8.09. The van der Waals surface area contributed by atoms with Crippen LogP contribution in [0.25, 0.3) is 0 Å². The smallest absolute Gasteiger partial charge is 0.243 e. The molecule has 2 fully saturated rings. The molecule has 1 saturated heterocycles. The standard InChI is InChI=1S/C15H27N5O2/c1-20(2)14(22)10-17-15(18-11-5-3-4-6-11)19-12-7-8-13(21)16-9-12/h11-12H,3-10H2,1-2H3,(H,16,21)(H2,17,18,19). The number of rotatable bonds is 4. The Bertz CT molecular complexity index is 420. The van der Waals surface area contributed by atoms with E-state index in [1.54, 1.807) is 14.1 Å². The molecule has 1 unspecified atom stereocenters. The number of carbonyl (C=O) groups excluding carboxylic acids is 2. The highest BCUT2D eigenvalue weighted by Crippen LogP contribution is 2.17. The quantitative estimate of drug-likeness (QED) is 0.497. The normalized spacial score (nSPS) is 23.1. The van der Waals surface area contributed by atoms with Crippen molar-refractivity contribution in [2.24, 2.45) is 4.99 Å².